The molecule has 0 unspecified atom stereocenters. The van der Waals surface area contributed by atoms with Gasteiger partial charge in [0.1, 0.15) is 0 Å². The normalized spacial score (nSPS) is 16.3. The third-order valence-electron chi connectivity index (χ3n) is 2.90. The predicted octanol–water partition coefficient (Wildman–Crippen LogP) is 2.59. The van der Waals surface area contributed by atoms with E-state index >= 15 is 0 Å². The zero-order valence-corrected chi connectivity index (χ0v) is 9.17. The van der Waals surface area contributed by atoms with Crippen LogP contribution in [0, 0.1) is 0 Å². The van der Waals surface area contributed by atoms with Crippen LogP contribution in [0.5, 0.6) is 0 Å². The smallest absolute Gasteiger partial charge is 0.371 e. The van der Waals surface area contributed by atoms with Crippen molar-refractivity contribution in [3.8, 4) is 0 Å². The largest absolute Gasteiger partial charge is 0.416 e. The van der Waals surface area contributed by atoms with Gasteiger partial charge in [0, 0.05) is 27.2 Å². The molecule has 1 aliphatic heterocycles. The molecular weight excluding hydrogens is 217 g/mol. The minimum absolute atomic E-state index is 0.589. The van der Waals surface area contributed by atoms with Crippen molar-refractivity contribution in [2.45, 2.75) is 6.18 Å². The Bertz CT molecular complexity index is 401. The van der Waals surface area contributed by atoms with Gasteiger partial charge in [0.05, 0.1) is 16.9 Å². The SMILES string of the molecule is CN1CCN(C)c2cc(C(F)(F)F)ccc21. The van der Waals surface area contributed by atoms with E-state index in [1.165, 1.54) is 12.1 Å². The Kier molecular flexibility index (Phi) is 2.48. The fourth-order valence-electron chi connectivity index (χ4n) is 1.87. The van der Waals surface area contributed by atoms with Gasteiger partial charge in [0.2, 0.25) is 0 Å². The summed E-state index contributed by atoms with van der Waals surface area (Å²) in [6, 6.07) is 3.88. The second kappa shape index (κ2) is 3.57. The first-order valence-corrected chi connectivity index (χ1v) is 5.03. The number of nitrogens with zero attached hydrogens (tertiary/aromatic N) is 2. The molecule has 1 aliphatic rings. The number of fused-ring (bicyclic) bond motifs is 1. The van der Waals surface area contributed by atoms with E-state index in [4.69, 9.17) is 0 Å². The molecule has 1 aromatic rings. The van der Waals surface area contributed by atoms with Gasteiger partial charge >= 0.3 is 6.18 Å². The molecule has 0 atom stereocenters. The summed E-state index contributed by atoms with van der Waals surface area (Å²) in [5, 5.41) is 0. The number of halogens is 3. The lowest BCUT2D eigenvalue weighted by molar-refractivity contribution is -0.137. The molecule has 0 aliphatic carbocycles. The van der Waals surface area contributed by atoms with E-state index in [9.17, 15) is 13.2 Å². The Hall–Kier alpha value is -1.39. The average Bonchev–Trinajstić information content (AvgIpc) is 2.22. The molecule has 5 heteroatoms. The van der Waals surface area contributed by atoms with Gasteiger partial charge in [-0.2, -0.15) is 13.2 Å². The van der Waals surface area contributed by atoms with E-state index in [-0.39, 0.29) is 0 Å². The van der Waals surface area contributed by atoms with E-state index in [2.05, 4.69) is 0 Å². The van der Waals surface area contributed by atoms with Crippen LogP contribution in [0.2, 0.25) is 0 Å². The van der Waals surface area contributed by atoms with E-state index in [0.29, 0.717) is 5.69 Å². The number of rotatable bonds is 0. The second-order valence-corrected chi connectivity index (χ2v) is 4.04. The van der Waals surface area contributed by atoms with Gasteiger partial charge in [-0.1, -0.05) is 0 Å². The fourth-order valence-corrected chi connectivity index (χ4v) is 1.87. The van der Waals surface area contributed by atoms with Crippen molar-refractivity contribution in [2.75, 3.05) is 37.0 Å². The molecule has 16 heavy (non-hydrogen) atoms. The summed E-state index contributed by atoms with van der Waals surface area (Å²) in [6.45, 7) is 1.57. The lowest BCUT2D eigenvalue weighted by atomic mass is 10.1. The Morgan fingerprint density at radius 3 is 2.12 bits per heavy atom. The first kappa shape index (κ1) is 11.1. The topological polar surface area (TPSA) is 6.48 Å². The number of hydrogen-bond acceptors (Lipinski definition) is 2. The summed E-state index contributed by atoms with van der Waals surface area (Å²) < 4.78 is 37.6. The maximum absolute atomic E-state index is 12.5. The van der Waals surface area contributed by atoms with Crippen LogP contribution in [0.4, 0.5) is 24.5 Å². The lowest BCUT2D eigenvalue weighted by Crippen LogP contribution is -2.36. The molecule has 1 aromatic carbocycles. The zero-order valence-electron chi connectivity index (χ0n) is 9.17. The van der Waals surface area contributed by atoms with Crippen LogP contribution in [-0.4, -0.2) is 27.2 Å². The van der Waals surface area contributed by atoms with Crippen LogP contribution in [0.1, 0.15) is 5.56 Å². The minimum Gasteiger partial charge on any atom is -0.371 e. The van der Waals surface area contributed by atoms with Gasteiger partial charge in [-0.3, -0.25) is 0 Å². The van der Waals surface area contributed by atoms with Crippen molar-refractivity contribution in [1.29, 1.82) is 0 Å². The zero-order chi connectivity index (χ0) is 11.9. The maximum atomic E-state index is 12.5. The molecular formula is C11H13F3N2. The third kappa shape index (κ3) is 1.81. The Morgan fingerprint density at radius 2 is 1.56 bits per heavy atom. The highest BCUT2D eigenvalue weighted by Gasteiger charge is 2.32. The first-order chi connectivity index (χ1) is 7.39. The summed E-state index contributed by atoms with van der Waals surface area (Å²) >= 11 is 0. The van der Waals surface area contributed by atoms with E-state index in [0.717, 1.165) is 24.8 Å². The van der Waals surface area contributed by atoms with Gasteiger partial charge in [0.25, 0.3) is 0 Å². The molecule has 0 saturated heterocycles. The van der Waals surface area contributed by atoms with E-state index in [1.54, 1.807) is 0 Å². The molecule has 0 aromatic heterocycles. The molecule has 0 fully saturated rings. The van der Waals surface area contributed by atoms with E-state index < -0.39 is 11.7 Å². The monoisotopic (exact) mass is 230 g/mol. The molecule has 2 nitrogen and oxygen atoms in total. The van der Waals surface area contributed by atoms with Crippen molar-refractivity contribution >= 4 is 11.4 Å². The predicted molar refractivity (Wildman–Crippen MR) is 58.0 cm³/mol. The van der Waals surface area contributed by atoms with Crippen LogP contribution in [-0.2, 0) is 6.18 Å². The van der Waals surface area contributed by atoms with Crippen LogP contribution >= 0.6 is 0 Å². The highest BCUT2D eigenvalue weighted by molar-refractivity contribution is 5.73. The maximum Gasteiger partial charge on any atom is 0.416 e. The Balaban J connectivity index is 2.48. The Morgan fingerprint density at radius 1 is 1.00 bits per heavy atom. The van der Waals surface area contributed by atoms with Crippen molar-refractivity contribution < 1.29 is 13.2 Å². The van der Waals surface area contributed by atoms with Crippen molar-refractivity contribution in [2.24, 2.45) is 0 Å². The van der Waals surface area contributed by atoms with Gasteiger partial charge in [-0.15, -0.1) is 0 Å². The molecule has 88 valence electrons. The molecule has 0 saturated carbocycles. The quantitative estimate of drug-likeness (QED) is 0.676. The molecule has 0 bridgehead atoms. The van der Waals surface area contributed by atoms with Crippen LogP contribution in [0.25, 0.3) is 0 Å². The van der Waals surface area contributed by atoms with Gasteiger partial charge < -0.3 is 9.80 Å². The summed E-state index contributed by atoms with van der Waals surface area (Å²) in [6.07, 6.45) is -4.27. The molecule has 0 radical (unpaired) electrons. The summed E-state index contributed by atoms with van der Waals surface area (Å²) in [5.74, 6) is 0. The molecule has 1 heterocycles. The molecule has 0 amide bonds. The lowest BCUT2D eigenvalue weighted by Gasteiger charge is -2.35. The summed E-state index contributed by atoms with van der Waals surface area (Å²) in [7, 11) is 3.70. The summed E-state index contributed by atoms with van der Waals surface area (Å²) in [4.78, 5) is 3.82. The average molecular weight is 230 g/mol. The Labute approximate surface area is 92.3 Å². The number of anilines is 2. The van der Waals surface area contributed by atoms with Crippen LogP contribution < -0.4 is 9.80 Å². The van der Waals surface area contributed by atoms with Crippen LogP contribution in [0.15, 0.2) is 18.2 Å². The van der Waals surface area contributed by atoms with Crippen molar-refractivity contribution in [3.63, 3.8) is 0 Å². The molecule has 0 N–H and O–H groups in total. The number of hydrogen-bond donors (Lipinski definition) is 0. The standard InChI is InChI=1S/C11H13F3N2/c1-15-5-6-16(2)10-7-8(11(12,13)14)3-4-9(10)15/h3-4,7H,5-6H2,1-2H3. The van der Waals surface area contributed by atoms with Gasteiger partial charge in [-0.25, -0.2) is 0 Å². The minimum atomic E-state index is -4.27. The second-order valence-electron chi connectivity index (χ2n) is 4.04. The number of benzene rings is 1. The van der Waals surface area contributed by atoms with Crippen LogP contribution in [0.3, 0.4) is 0 Å². The summed E-state index contributed by atoms with van der Waals surface area (Å²) in [5.41, 5.74) is 0.902. The van der Waals surface area contributed by atoms with Crippen molar-refractivity contribution in [3.05, 3.63) is 23.8 Å². The fraction of sp³-hybridized carbons (Fsp3) is 0.455. The first-order valence-electron chi connectivity index (χ1n) is 5.03. The molecule has 2 rings (SSSR count). The van der Waals surface area contributed by atoms with E-state index in [1.807, 2.05) is 23.9 Å². The van der Waals surface area contributed by atoms with Gasteiger partial charge in [-0.05, 0) is 18.2 Å². The third-order valence-corrected chi connectivity index (χ3v) is 2.90. The molecule has 0 spiro atoms. The highest BCUT2D eigenvalue weighted by atomic mass is 19.4. The number of alkyl halides is 3. The van der Waals surface area contributed by atoms with Crippen molar-refractivity contribution in [1.82, 2.24) is 0 Å². The highest BCUT2D eigenvalue weighted by Crippen LogP contribution is 2.37. The number of likely N-dealkylation sites (N-methyl/N-ethyl adjacent to an activating group) is 2. The van der Waals surface area contributed by atoms with Gasteiger partial charge in [0.15, 0.2) is 0 Å².